The molecule has 10 heteroatoms. The average molecular weight is 527 g/mol. The van der Waals surface area contributed by atoms with E-state index < -0.39 is 0 Å². The van der Waals surface area contributed by atoms with Crippen LogP contribution in [0.3, 0.4) is 0 Å². The van der Waals surface area contributed by atoms with E-state index in [9.17, 15) is 14.8 Å². The van der Waals surface area contributed by atoms with Crippen LogP contribution in [0.25, 0.3) is 5.69 Å². The van der Waals surface area contributed by atoms with Crippen molar-refractivity contribution in [3.8, 4) is 11.8 Å². The second-order valence-corrected chi connectivity index (χ2v) is 6.93. The van der Waals surface area contributed by atoms with Crippen LogP contribution < -0.4 is 11.1 Å². The molecule has 1 aliphatic heterocycles. The summed E-state index contributed by atoms with van der Waals surface area (Å²) < 4.78 is 14.6. The summed E-state index contributed by atoms with van der Waals surface area (Å²) in [5.41, 5.74) is 7.64. The SMILES string of the molecule is CCNC(=NCCCc1nn(-c2ccc(F)cc2)c(N)c1C#N)N1CC[C@@H](O)C1.I. The van der Waals surface area contributed by atoms with Gasteiger partial charge in [-0.2, -0.15) is 10.4 Å². The maximum atomic E-state index is 13.2. The molecule has 0 saturated carbocycles. The number of hydrogen-bond acceptors (Lipinski definition) is 5. The van der Waals surface area contributed by atoms with E-state index >= 15 is 0 Å². The Balaban J connectivity index is 0.00000320. The lowest BCUT2D eigenvalue weighted by atomic mass is 10.1. The third-order valence-corrected chi connectivity index (χ3v) is 4.81. The molecule has 2 heterocycles. The van der Waals surface area contributed by atoms with E-state index in [1.807, 2.05) is 6.92 Å². The van der Waals surface area contributed by atoms with Gasteiger partial charge in [0.1, 0.15) is 23.3 Å². The third-order valence-electron chi connectivity index (χ3n) is 4.81. The summed E-state index contributed by atoms with van der Waals surface area (Å²) in [6.07, 6.45) is 1.68. The topological polar surface area (TPSA) is 115 Å². The van der Waals surface area contributed by atoms with Crippen LogP contribution in [0, 0.1) is 17.1 Å². The summed E-state index contributed by atoms with van der Waals surface area (Å²) >= 11 is 0. The highest BCUT2D eigenvalue weighted by Gasteiger charge is 2.22. The van der Waals surface area contributed by atoms with E-state index in [1.54, 1.807) is 12.1 Å². The first-order valence-electron chi connectivity index (χ1n) is 9.78. The van der Waals surface area contributed by atoms with Crippen molar-refractivity contribution in [3.63, 3.8) is 0 Å². The Hall–Kier alpha value is -2.39. The second-order valence-electron chi connectivity index (χ2n) is 6.93. The quantitative estimate of drug-likeness (QED) is 0.229. The van der Waals surface area contributed by atoms with Gasteiger partial charge in [-0.25, -0.2) is 9.07 Å². The van der Waals surface area contributed by atoms with Gasteiger partial charge < -0.3 is 21.1 Å². The highest BCUT2D eigenvalue weighted by atomic mass is 127. The maximum absolute atomic E-state index is 13.2. The number of aromatic nitrogens is 2. The van der Waals surface area contributed by atoms with Crippen molar-refractivity contribution < 1.29 is 9.50 Å². The summed E-state index contributed by atoms with van der Waals surface area (Å²) in [5.74, 6) is 0.693. The number of nitrogen functional groups attached to an aromatic ring is 1. The highest BCUT2D eigenvalue weighted by molar-refractivity contribution is 14.0. The van der Waals surface area contributed by atoms with Crippen LogP contribution in [0.4, 0.5) is 10.2 Å². The van der Waals surface area contributed by atoms with Gasteiger partial charge in [0.25, 0.3) is 0 Å². The largest absolute Gasteiger partial charge is 0.391 e. The van der Waals surface area contributed by atoms with Crippen molar-refractivity contribution in [3.05, 3.63) is 41.3 Å². The lowest BCUT2D eigenvalue weighted by Gasteiger charge is -2.20. The van der Waals surface area contributed by atoms with Crippen LogP contribution in [-0.4, -0.2) is 58.0 Å². The molecule has 1 aromatic carbocycles. The lowest BCUT2D eigenvalue weighted by molar-refractivity contribution is 0.188. The molecule has 30 heavy (non-hydrogen) atoms. The van der Waals surface area contributed by atoms with Crippen molar-refractivity contribution >= 4 is 35.8 Å². The molecule has 1 atom stereocenters. The van der Waals surface area contributed by atoms with Crippen LogP contribution >= 0.6 is 24.0 Å². The van der Waals surface area contributed by atoms with Gasteiger partial charge in [0.2, 0.25) is 0 Å². The smallest absolute Gasteiger partial charge is 0.194 e. The fourth-order valence-electron chi connectivity index (χ4n) is 3.35. The Morgan fingerprint density at radius 1 is 1.43 bits per heavy atom. The number of halogens is 2. The minimum absolute atomic E-state index is 0. The molecule has 0 unspecified atom stereocenters. The summed E-state index contributed by atoms with van der Waals surface area (Å²) in [4.78, 5) is 6.68. The average Bonchev–Trinajstić information content (AvgIpc) is 3.28. The number of nitriles is 1. The van der Waals surface area contributed by atoms with Crippen LogP contribution in [0.1, 0.15) is 31.0 Å². The van der Waals surface area contributed by atoms with Gasteiger partial charge in [-0.05, 0) is 50.5 Å². The van der Waals surface area contributed by atoms with Gasteiger partial charge in [-0.3, -0.25) is 4.99 Å². The number of aliphatic hydroxyl groups is 1. The van der Waals surface area contributed by atoms with Crippen molar-refractivity contribution in [2.45, 2.75) is 32.3 Å². The molecule has 0 spiro atoms. The maximum Gasteiger partial charge on any atom is 0.194 e. The fourth-order valence-corrected chi connectivity index (χ4v) is 3.35. The Labute approximate surface area is 192 Å². The van der Waals surface area contributed by atoms with Crippen molar-refractivity contribution in [1.82, 2.24) is 20.0 Å². The van der Waals surface area contributed by atoms with Gasteiger partial charge >= 0.3 is 0 Å². The molecular weight excluding hydrogens is 500 g/mol. The zero-order valence-electron chi connectivity index (χ0n) is 16.9. The molecule has 8 nitrogen and oxygen atoms in total. The number of aliphatic hydroxyl groups excluding tert-OH is 1. The van der Waals surface area contributed by atoms with Crippen molar-refractivity contribution in [2.24, 2.45) is 4.99 Å². The monoisotopic (exact) mass is 527 g/mol. The van der Waals surface area contributed by atoms with E-state index in [-0.39, 0.29) is 41.7 Å². The Morgan fingerprint density at radius 3 is 2.77 bits per heavy atom. The number of benzene rings is 1. The number of guanidine groups is 1. The molecule has 1 aromatic heterocycles. The number of nitrogens with zero attached hydrogens (tertiary/aromatic N) is 5. The molecule has 0 radical (unpaired) electrons. The number of aryl methyl sites for hydroxylation is 1. The summed E-state index contributed by atoms with van der Waals surface area (Å²) in [6, 6.07) is 7.92. The molecular formula is C20H27FIN7O. The first-order chi connectivity index (χ1) is 14.0. The highest BCUT2D eigenvalue weighted by Crippen LogP contribution is 2.22. The molecule has 3 rings (SSSR count). The minimum Gasteiger partial charge on any atom is -0.391 e. The van der Waals surface area contributed by atoms with Crippen LogP contribution in [-0.2, 0) is 6.42 Å². The zero-order valence-corrected chi connectivity index (χ0v) is 19.2. The summed E-state index contributed by atoms with van der Waals surface area (Å²) in [6.45, 7) is 4.69. The number of nitrogens with one attached hydrogen (secondary N) is 1. The first kappa shape index (κ1) is 23.9. The Morgan fingerprint density at radius 2 is 2.17 bits per heavy atom. The molecule has 162 valence electrons. The number of rotatable bonds is 6. The van der Waals surface area contributed by atoms with Gasteiger partial charge in [-0.1, -0.05) is 0 Å². The number of hydrogen-bond donors (Lipinski definition) is 3. The number of anilines is 1. The normalized spacial score (nSPS) is 16.3. The number of aliphatic imine (C=N–C) groups is 1. The van der Waals surface area contributed by atoms with Crippen molar-refractivity contribution in [1.29, 1.82) is 5.26 Å². The molecule has 0 amide bonds. The molecule has 4 N–H and O–H groups in total. The molecule has 1 saturated heterocycles. The van der Waals surface area contributed by atoms with Crippen LogP contribution in [0.15, 0.2) is 29.3 Å². The van der Waals surface area contributed by atoms with Crippen LogP contribution in [0.5, 0.6) is 0 Å². The van der Waals surface area contributed by atoms with E-state index in [2.05, 4.69) is 26.4 Å². The number of β-amino-alcohol motifs (C(OH)–C–C–N with tert-alkyl or cyclic N) is 1. The Bertz CT molecular complexity index is 907. The summed E-state index contributed by atoms with van der Waals surface area (Å²) in [5, 5.41) is 26.9. The van der Waals surface area contributed by atoms with E-state index in [1.165, 1.54) is 16.8 Å². The molecule has 1 aliphatic rings. The fraction of sp³-hybridized carbons (Fsp3) is 0.450. The van der Waals surface area contributed by atoms with Gasteiger partial charge in [0.05, 0.1) is 17.5 Å². The lowest BCUT2D eigenvalue weighted by Crippen LogP contribution is -2.40. The molecule has 1 fully saturated rings. The van der Waals surface area contributed by atoms with Gasteiger partial charge in [-0.15, -0.1) is 24.0 Å². The molecule has 2 aromatic rings. The van der Waals surface area contributed by atoms with E-state index in [0.717, 1.165) is 25.5 Å². The predicted octanol–water partition coefficient (Wildman–Crippen LogP) is 2.05. The van der Waals surface area contributed by atoms with Crippen molar-refractivity contribution in [2.75, 3.05) is 31.9 Å². The number of nitrogens with two attached hydrogens (primary N) is 1. The van der Waals surface area contributed by atoms with Gasteiger partial charge in [0.15, 0.2) is 5.96 Å². The third kappa shape index (κ3) is 5.60. The molecule has 0 aliphatic carbocycles. The van der Waals surface area contributed by atoms with E-state index in [4.69, 9.17) is 5.73 Å². The Kier molecular flexibility index (Phi) is 8.86. The molecule has 0 bridgehead atoms. The predicted molar refractivity (Wildman–Crippen MR) is 125 cm³/mol. The second kappa shape index (κ2) is 11.1. The number of likely N-dealkylation sites (tertiary alicyclic amines) is 1. The summed E-state index contributed by atoms with van der Waals surface area (Å²) in [7, 11) is 0. The van der Waals surface area contributed by atoms with E-state index in [0.29, 0.717) is 42.9 Å². The minimum atomic E-state index is -0.347. The van der Waals surface area contributed by atoms with Gasteiger partial charge in [0, 0.05) is 26.2 Å². The van der Waals surface area contributed by atoms with Crippen LogP contribution in [0.2, 0.25) is 0 Å². The first-order valence-corrected chi connectivity index (χ1v) is 9.78. The standard InChI is InChI=1S/C20H26FN7O.HI/c1-2-24-20(27-11-9-16(29)13-27)25-10-3-4-18-17(12-22)19(23)28(26-18)15-7-5-14(21)6-8-15;/h5-8,16,29H,2-4,9-11,13,23H2,1H3,(H,24,25);1H/t16-;/m1./s1. The zero-order chi connectivity index (χ0) is 20.8.